The van der Waals surface area contributed by atoms with Gasteiger partial charge in [0.15, 0.2) is 0 Å². The van der Waals surface area contributed by atoms with Gasteiger partial charge in [-0.05, 0) is 55.3 Å². The molecule has 4 rings (SSSR count). The van der Waals surface area contributed by atoms with Crippen molar-refractivity contribution in [3.63, 3.8) is 0 Å². The Hall–Kier alpha value is -3.22. The topological polar surface area (TPSA) is 52.8 Å². The number of carbonyl (C=O) groups is 1. The molecule has 1 saturated heterocycles. The second kappa shape index (κ2) is 11.5. The van der Waals surface area contributed by atoms with Crippen LogP contribution in [0.3, 0.4) is 0 Å². The lowest BCUT2D eigenvalue weighted by atomic mass is 9.95. The molecule has 1 aliphatic heterocycles. The van der Waals surface area contributed by atoms with Crippen molar-refractivity contribution >= 4 is 11.6 Å². The lowest BCUT2D eigenvalue weighted by Gasteiger charge is -2.40. The molecule has 2 N–H and O–H groups in total. The number of anilines is 1. The third-order valence-electron chi connectivity index (χ3n) is 6.87. The van der Waals surface area contributed by atoms with Crippen LogP contribution in [0.5, 0.6) is 0 Å². The number of amides is 1. The summed E-state index contributed by atoms with van der Waals surface area (Å²) >= 11 is 0. The number of benzene rings is 3. The van der Waals surface area contributed by atoms with Crippen LogP contribution in [0.4, 0.5) is 10.1 Å². The average molecular weight is 475 g/mol. The van der Waals surface area contributed by atoms with Gasteiger partial charge in [-0.1, -0.05) is 42.5 Å². The van der Waals surface area contributed by atoms with E-state index in [0.717, 1.165) is 48.6 Å². The Balaban J connectivity index is 1.53. The molecule has 0 bridgehead atoms. The Bertz CT molecular complexity index is 1120. The Morgan fingerprint density at radius 2 is 1.60 bits per heavy atom. The lowest BCUT2D eigenvalue weighted by Crippen LogP contribution is -2.47. The number of nitrogens with two attached hydrogens (primary N) is 1. The van der Waals surface area contributed by atoms with E-state index >= 15 is 0 Å². The predicted octanol–water partition coefficient (Wildman–Crippen LogP) is 4.80. The van der Waals surface area contributed by atoms with Crippen LogP contribution >= 0.6 is 0 Å². The largest absolute Gasteiger partial charge is 0.399 e. The van der Waals surface area contributed by atoms with Crippen LogP contribution in [0, 0.1) is 5.82 Å². The second-order valence-corrected chi connectivity index (χ2v) is 9.08. The fourth-order valence-corrected chi connectivity index (χ4v) is 4.89. The molecule has 5 nitrogen and oxygen atoms in total. The molecule has 0 unspecified atom stereocenters. The van der Waals surface area contributed by atoms with Gasteiger partial charge in [-0.3, -0.25) is 14.6 Å². The highest BCUT2D eigenvalue weighted by molar-refractivity contribution is 5.94. The van der Waals surface area contributed by atoms with Gasteiger partial charge in [-0.2, -0.15) is 0 Å². The van der Waals surface area contributed by atoms with Gasteiger partial charge in [-0.25, -0.2) is 4.39 Å². The molecule has 0 aliphatic carbocycles. The Morgan fingerprint density at radius 3 is 2.23 bits per heavy atom. The van der Waals surface area contributed by atoms with Crippen molar-refractivity contribution in [2.75, 3.05) is 45.0 Å². The van der Waals surface area contributed by atoms with E-state index in [9.17, 15) is 9.18 Å². The first-order valence-corrected chi connectivity index (χ1v) is 12.4. The minimum atomic E-state index is -0.146. The van der Waals surface area contributed by atoms with E-state index in [2.05, 4.69) is 28.0 Å². The van der Waals surface area contributed by atoms with Crippen LogP contribution in [0.2, 0.25) is 0 Å². The molecule has 0 aromatic heterocycles. The molecular weight excluding hydrogens is 439 g/mol. The third kappa shape index (κ3) is 5.89. The van der Waals surface area contributed by atoms with E-state index in [-0.39, 0.29) is 17.8 Å². The molecule has 1 amide bonds. The number of halogens is 1. The quantitative estimate of drug-likeness (QED) is 0.477. The standard InChI is InChI=1S/C29H35FN4O/c1-3-33(4-2)29(35)23-14-12-22(13-15-23)28(24-9-7-10-26(31)20-24)34-18-16-32(17-19-34)21-25-8-5-6-11-27(25)30/h5-15,20,28H,3-4,16-19,21,31H2,1-2H3/t28-/m0/s1. The molecule has 6 heteroatoms. The van der Waals surface area contributed by atoms with Crippen molar-refractivity contribution in [1.29, 1.82) is 0 Å². The molecule has 3 aromatic rings. The second-order valence-electron chi connectivity index (χ2n) is 9.08. The number of hydrogen-bond acceptors (Lipinski definition) is 4. The Morgan fingerprint density at radius 1 is 0.914 bits per heavy atom. The van der Waals surface area contributed by atoms with Gasteiger partial charge in [0.1, 0.15) is 5.82 Å². The summed E-state index contributed by atoms with van der Waals surface area (Å²) in [6, 6.07) is 23.1. The maximum atomic E-state index is 14.1. The molecule has 184 valence electrons. The highest BCUT2D eigenvalue weighted by Gasteiger charge is 2.27. The minimum Gasteiger partial charge on any atom is -0.399 e. The van der Waals surface area contributed by atoms with Crippen LogP contribution in [-0.4, -0.2) is 59.9 Å². The summed E-state index contributed by atoms with van der Waals surface area (Å²) < 4.78 is 14.1. The van der Waals surface area contributed by atoms with E-state index in [0.29, 0.717) is 25.2 Å². The highest BCUT2D eigenvalue weighted by atomic mass is 19.1. The average Bonchev–Trinajstić information content (AvgIpc) is 2.88. The molecule has 1 aliphatic rings. The first-order valence-electron chi connectivity index (χ1n) is 12.4. The zero-order valence-electron chi connectivity index (χ0n) is 20.7. The summed E-state index contributed by atoms with van der Waals surface area (Å²) in [6.07, 6.45) is 0. The van der Waals surface area contributed by atoms with E-state index in [1.807, 2.05) is 61.2 Å². The zero-order valence-corrected chi connectivity index (χ0v) is 20.7. The van der Waals surface area contributed by atoms with E-state index < -0.39 is 0 Å². The maximum absolute atomic E-state index is 14.1. The van der Waals surface area contributed by atoms with Gasteiger partial charge in [0.05, 0.1) is 6.04 Å². The number of carbonyl (C=O) groups excluding carboxylic acids is 1. The third-order valence-corrected chi connectivity index (χ3v) is 6.87. The summed E-state index contributed by atoms with van der Waals surface area (Å²) in [6.45, 7) is 9.42. The van der Waals surface area contributed by atoms with Gasteiger partial charge < -0.3 is 10.6 Å². The molecule has 1 atom stereocenters. The number of nitrogens with zero attached hydrogens (tertiary/aromatic N) is 3. The molecular formula is C29H35FN4O. The maximum Gasteiger partial charge on any atom is 0.253 e. The fraction of sp³-hybridized carbons (Fsp3) is 0.345. The van der Waals surface area contributed by atoms with E-state index in [1.54, 1.807) is 6.07 Å². The van der Waals surface area contributed by atoms with Crippen LogP contribution in [0.1, 0.15) is 46.9 Å². The number of piperazine rings is 1. The van der Waals surface area contributed by atoms with Crippen molar-refractivity contribution in [2.45, 2.75) is 26.4 Å². The summed E-state index contributed by atoms with van der Waals surface area (Å²) in [7, 11) is 0. The lowest BCUT2D eigenvalue weighted by molar-refractivity contribution is 0.0773. The van der Waals surface area contributed by atoms with Crippen LogP contribution in [-0.2, 0) is 6.54 Å². The fourth-order valence-electron chi connectivity index (χ4n) is 4.89. The smallest absolute Gasteiger partial charge is 0.253 e. The first-order chi connectivity index (χ1) is 17.0. The monoisotopic (exact) mass is 474 g/mol. The molecule has 35 heavy (non-hydrogen) atoms. The minimum absolute atomic E-state index is 0.0340. The van der Waals surface area contributed by atoms with Gasteiger partial charge in [0, 0.05) is 62.6 Å². The predicted molar refractivity (Wildman–Crippen MR) is 140 cm³/mol. The molecule has 0 saturated carbocycles. The van der Waals surface area contributed by atoms with Gasteiger partial charge in [0.2, 0.25) is 0 Å². The van der Waals surface area contributed by atoms with E-state index in [4.69, 9.17) is 5.73 Å². The molecule has 0 radical (unpaired) electrons. The van der Waals surface area contributed by atoms with Crippen LogP contribution in [0.15, 0.2) is 72.8 Å². The summed E-state index contributed by atoms with van der Waals surface area (Å²) in [5, 5.41) is 0. The van der Waals surface area contributed by atoms with Crippen molar-refractivity contribution in [3.8, 4) is 0 Å². The van der Waals surface area contributed by atoms with Gasteiger partial charge >= 0.3 is 0 Å². The number of hydrogen-bond donors (Lipinski definition) is 1. The molecule has 1 fully saturated rings. The molecule has 1 heterocycles. The SMILES string of the molecule is CCN(CC)C(=O)c1ccc([C@@H](c2cccc(N)c2)N2CCN(Cc3ccccc3F)CC2)cc1. The number of rotatable bonds is 8. The summed E-state index contributed by atoms with van der Waals surface area (Å²) in [4.78, 5) is 19.4. The van der Waals surface area contributed by atoms with Crippen molar-refractivity contribution in [2.24, 2.45) is 0 Å². The zero-order chi connectivity index (χ0) is 24.8. The summed E-state index contributed by atoms with van der Waals surface area (Å²) in [5.74, 6) is -0.0873. The Kier molecular flexibility index (Phi) is 8.16. The van der Waals surface area contributed by atoms with Crippen LogP contribution in [0.25, 0.3) is 0 Å². The highest BCUT2D eigenvalue weighted by Crippen LogP contribution is 2.31. The van der Waals surface area contributed by atoms with Gasteiger partial charge in [0.25, 0.3) is 5.91 Å². The summed E-state index contributed by atoms with van der Waals surface area (Å²) in [5.41, 5.74) is 10.6. The Labute approximate surface area is 208 Å². The van der Waals surface area contributed by atoms with Crippen LogP contribution < -0.4 is 5.73 Å². The van der Waals surface area contributed by atoms with Gasteiger partial charge in [-0.15, -0.1) is 0 Å². The molecule has 3 aromatic carbocycles. The van der Waals surface area contributed by atoms with E-state index in [1.165, 1.54) is 6.07 Å². The normalized spacial score (nSPS) is 15.6. The molecule has 0 spiro atoms. The van der Waals surface area contributed by atoms with Crippen molar-refractivity contribution < 1.29 is 9.18 Å². The number of nitrogen functional groups attached to an aromatic ring is 1. The van der Waals surface area contributed by atoms with Crippen molar-refractivity contribution in [3.05, 3.63) is 101 Å². The first kappa shape index (κ1) is 24.9. The van der Waals surface area contributed by atoms with Crippen molar-refractivity contribution in [1.82, 2.24) is 14.7 Å².